The number of anilines is 1. The van der Waals surface area contributed by atoms with Crippen molar-refractivity contribution in [3.8, 4) is 17.6 Å². The Morgan fingerprint density at radius 1 is 1.24 bits per heavy atom. The van der Waals surface area contributed by atoms with E-state index in [1.54, 1.807) is 24.3 Å². The molecule has 2 aliphatic rings. The molecule has 2 aromatic rings. The van der Waals surface area contributed by atoms with Crippen LogP contribution in [-0.4, -0.2) is 25.3 Å². The van der Waals surface area contributed by atoms with Crippen LogP contribution in [0.3, 0.4) is 0 Å². The molecule has 1 amide bonds. The third kappa shape index (κ3) is 4.25. The summed E-state index contributed by atoms with van der Waals surface area (Å²) < 4.78 is 15.5. The van der Waals surface area contributed by atoms with Gasteiger partial charge in [0.05, 0.1) is 5.56 Å². The summed E-state index contributed by atoms with van der Waals surface area (Å²) in [5.74, 6) is 0.175. The van der Waals surface area contributed by atoms with Crippen molar-refractivity contribution in [2.24, 2.45) is 0 Å². The first-order valence-electron chi connectivity index (χ1n) is 9.23. The minimum Gasteiger partial charge on any atom is -0.454 e. The molecule has 148 valence electrons. The summed E-state index contributed by atoms with van der Waals surface area (Å²) in [5.41, 5.74) is 2.33. The lowest BCUT2D eigenvalue weighted by molar-refractivity contribution is -0.142. The molecule has 1 aromatic carbocycles. The third-order valence-corrected chi connectivity index (χ3v) is 5.90. The number of amides is 1. The van der Waals surface area contributed by atoms with E-state index in [2.05, 4.69) is 11.4 Å². The topological polar surface area (TPSA) is 97.7 Å². The number of hydrogen-bond acceptors (Lipinski definition) is 7. The van der Waals surface area contributed by atoms with Crippen molar-refractivity contribution in [2.45, 2.75) is 25.7 Å². The number of ether oxygens (including phenoxy) is 3. The van der Waals surface area contributed by atoms with E-state index in [0.29, 0.717) is 22.1 Å². The van der Waals surface area contributed by atoms with Crippen molar-refractivity contribution in [1.82, 2.24) is 0 Å². The number of rotatable bonds is 5. The maximum absolute atomic E-state index is 12.2. The molecule has 2 heterocycles. The number of thiophene rings is 1. The molecule has 1 N–H and O–H groups in total. The molecule has 0 unspecified atom stereocenters. The second-order valence-electron chi connectivity index (χ2n) is 6.63. The number of fused-ring (bicyclic) bond motifs is 2. The predicted molar refractivity (Wildman–Crippen MR) is 107 cm³/mol. The van der Waals surface area contributed by atoms with Crippen LogP contribution in [0.1, 0.15) is 34.4 Å². The quantitative estimate of drug-likeness (QED) is 0.599. The highest BCUT2D eigenvalue weighted by Gasteiger charge is 2.22. The van der Waals surface area contributed by atoms with Crippen LogP contribution in [0.15, 0.2) is 24.3 Å². The van der Waals surface area contributed by atoms with Crippen LogP contribution in [0.25, 0.3) is 6.08 Å². The SMILES string of the molecule is N#Cc1c(NC(=O)COC(=O)C=Cc2ccc3c(c2)OCO3)sc2c1CCCC2. The van der Waals surface area contributed by atoms with Gasteiger partial charge in [-0.25, -0.2) is 4.79 Å². The summed E-state index contributed by atoms with van der Waals surface area (Å²) >= 11 is 1.44. The first-order chi connectivity index (χ1) is 14.1. The van der Waals surface area contributed by atoms with Gasteiger partial charge in [-0.15, -0.1) is 11.3 Å². The fourth-order valence-corrected chi connectivity index (χ4v) is 4.56. The van der Waals surface area contributed by atoms with Gasteiger partial charge in [0, 0.05) is 11.0 Å². The number of esters is 1. The molecule has 8 heteroatoms. The highest BCUT2D eigenvalue weighted by Crippen LogP contribution is 2.37. The Balaban J connectivity index is 1.31. The maximum atomic E-state index is 12.2. The zero-order chi connectivity index (χ0) is 20.2. The van der Waals surface area contributed by atoms with Crippen LogP contribution in [-0.2, 0) is 27.2 Å². The van der Waals surface area contributed by atoms with Crippen molar-refractivity contribution < 1.29 is 23.8 Å². The Kier molecular flexibility index (Phi) is 5.49. The number of carbonyl (C=O) groups is 2. The van der Waals surface area contributed by atoms with Crippen LogP contribution >= 0.6 is 11.3 Å². The van der Waals surface area contributed by atoms with Gasteiger partial charge in [-0.05, 0) is 55.0 Å². The second kappa shape index (κ2) is 8.37. The largest absolute Gasteiger partial charge is 0.454 e. The van der Waals surface area contributed by atoms with Gasteiger partial charge < -0.3 is 19.5 Å². The Bertz CT molecular complexity index is 1030. The Hall–Kier alpha value is -3.31. The molecule has 1 aliphatic carbocycles. The summed E-state index contributed by atoms with van der Waals surface area (Å²) in [6, 6.07) is 7.48. The van der Waals surface area contributed by atoms with Crippen LogP contribution in [0.4, 0.5) is 5.00 Å². The third-order valence-electron chi connectivity index (χ3n) is 4.69. The molecule has 0 spiro atoms. The molecule has 0 fully saturated rings. The number of aryl methyl sites for hydroxylation is 1. The van der Waals surface area contributed by atoms with E-state index in [0.717, 1.165) is 41.7 Å². The highest BCUT2D eigenvalue weighted by molar-refractivity contribution is 7.16. The van der Waals surface area contributed by atoms with E-state index in [1.165, 1.54) is 17.4 Å². The van der Waals surface area contributed by atoms with Gasteiger partial charge in [0.25, 0.3) is 5.91 Å². The average Bonchev–Trinajstić information content (AvgIpc) is 3.33. The summed E-state index contributed by atoms with van der Waals surface area (Å²) in [7, 11) is 0. The lowest BCUT2D eigenvalue weighted by Crippen LogP contribution is -2.20. The van der Waals surface area contributed by atoms with E-state index >= 15 is 0 Å². The molecule has 4 rings (SSSR count). The number of nitrogens with zero attached hydrogens (tertiary/aromatic N) is 1. The number of carbonyl (C=O) groups excluding carboxylic acids is 2. The fraction of sp³-hybridized carbons (Fsp3) is 0.286. The average molecular weight is 410 g/mol. The van der Waals surface area contributed by atoms with Crippen LogP contribution in [0.5, 0.6) is 11.5 Å². The van der Waals surface area contributed by atoms with Gasteiger partial charge in [-0.3, -0.25) is 4.79 Å². The Morgan fingerprint density at radius 2 is 2.07 bits per heavy atom. The molecule has 29 heavy (non-hydrogen) atoms. The van der Waals surface area contributed by atoms with Crippen molar-refractivity contribution in [3.05, 3.63) is 45.8 Å². The zero-order valence-corrected chi connectivity index (χ0v) is 16.3. The second-order valence-corrected chi connectivity index (χ2v) is 7.73. The molecule has 0 saturated heterocycles. The molecule has 1 aliphatic heterocycles. The summed E-state index contributed by atoms with van der Waals surface area (Å²) in [4.78, 5) is 25.2. The minimum atomic E-state index is -0.635. The summed E-state index contributed by atoms with van der Waals surface area (Å²) in [6.45, 7) is -0.238. The van der Waals surface area contributed by atoms with Crippen molar-refractivity contribution >= 4 is 34.3 Å². The first-order valence-corrected chi connectivity index (χ1v) is 10.0. The van der Waals surface area contributed by atoms with Crippen molar-refractivity contribution in [3.63, 3.8) is 0 Å². The number of nitrogens with one attached hydrogen (secondary N) is 1. The Morgan fingerprint density at radius 3 is 2.93 bits per heavy atom. The van der Waals surface area contributed by atoms with Crippen molar-refractivity contribution in [2.75, 3.05) is 18.7 Å². The molecular weight excluding hydrogens is 392 g/mol. The molecule has 0 saturated carbocycles. The molecular formula is C21H18N2O5S. The van der Waals surface area contributed by atoms with Crippen LogP contribution < -0.4 is 14.8 Å². The smallest absolute Gasteiger partial charge is 0.331 e. The minimum absolute atomic E-state index is 0.181. The van der Waals surface area contributed by atoms with E-state index in [-0.39, 0.29) is 6.79 Å². The standard InChI is InChI=1S/C21H18N2O5S/c22-10-15-14-3-1-2-4-18(14)29-21(15)23-19(24)11-26-20(25)8-6-13-5-7-16-17(9-13)28-12-27-16/h5-9H,1-4,11-12H2,(H,23,24). The van der Waals surface area contributed by atoms with E-state index < -0.39 is 18.5 Å². The van der Waals surface area contributed by atoms with Crippen LogP contribution in [0.2, 0.25) is 0 Å². The number of nitriles is 1. The molecule has 0 radical (unpaired) electrons. The number of hydrogen-bond donors (Lipinski definition) is 1. The number of benzene rings is 1. The van der Waals surface area contributed by atoms with Gasteiger partial charge in [0.1, 0.15) is 11.1 Å². The zero-order valence-electron chi connectivity index (χ0n) is 15.5. The first kappa shape index (κ1) is 19.0. The van der Waals surface area contributed by atoms with Gasteiger partial charge >= 0.3 is 5.97 Å². The summed E-state index contributed by atoms with van der Waals surface area (Å²) in [5, 5.41) is 12.7. The van der Waals surface area contributed by atoms with E-state index in [9.17, 15) is 14.9 Å². The van der Waals surface area contributed by atoms with Gasteiger partial charge in [-0.1, -0.05) is 6.07 Å². The lowest BCUT2D eigenvalue weighted by Gasteiger charge is -2.09. The fourth-order valence-electron chi connectivity index (χ4n) is 3.30. The molecule has 1 aromatic heterocycles. The molecule has 0 bridgehead atoms. The maximum Gasteiger partial charge on any atom is 0.331 e. The predicted octanol–water partition coefficient (Wildman–Crippen LogP) is 3.42. The monoisotopic (exact) mass is 410 g/mol. The van der Waals surface area contributed by atoms with E-state index in [4.69, 9.17) is 14.2 Å². The Labute approximate surface area is 171 Å². The van der Waals surface area contributed by atoms with Gasteiger partial charge in [-0.2, -0.15) is 5.26 Å². The van der Waals surface area contributed by atoms with Gasteiger partial charge in [0.2, 0.25) is 6.79 Å². The van der Waals surface area contributed by atoms with Crippen molar-refractivity contribution in [1.29, 1.82) is 5.26 Å². The lowest BCUT2D eigenvalue weighted by atomic mass is 9.96. The van der Waals surface area contributed by atoms with Gasteiger partial charge in [0.15, 0.2) is 18.1 Å². The van der Waals surface area contributed by atoms with Crippen LogP contribution in [0, 0.1) is 11.3 Å². The highest BCUT2D eigenvalue weighted by atomic mass is 32.1. The summed E-state index contributed by atoms with van der Waals surface area (Å²) in [6.07, 6.45) is 6.77. The molecule has 0 atom stereocenters. The normalized spacial score (nSPS) is 14.3. The molecule has 7 nitrogen and oxygen atoms in total. The van der Waals surface area contributed by atoms with E-state index in [1.807, 2.05) is 0 Å².